The predicted molar refractivity (Wildman–Crippen MR) is 87.3 cm³/mol. The number of rotatable bonds is 5. The van der Waals surface area contributed by atoms with Gasteiger partial charge in [-0.3, -0.25) is 4.79 Å². The highest BCUT2D eigenvalue weighted by molar-refractivity contribution is 8.26. The molecule has 0 aliphatic carbocycles. The molecule has 2 rings (SSSR count). The van der Waals surface area contributed by atoms with Gasteiger partial charge in [0.25, 0.3) is 5.91 Å². The Morgan fingerprint density at radius 1 is 1.43 bits per heavy atom. The fraction of sp³-hybridized carbons (Fsp3) is 0.0769. The number of ether oxygens (including phenoxy) is 1. The van der Waals surface area contributed by atoms with Crippen LogP contribution in [0.4, 0.5) is 4.79 Å². The van der Waals surface area contributed by atoms with Crippen LogP contribution in [0.25, 0.3) is 6.08 Å². The number of nitrogens with two attached hydrogens (primary N) is 1. The van der Waals surface area contributed by atoms with E-state index in [1.807, 2.05) is 0 Å². The summed E-state index contributed by atoms with van der Waals surface area (Å²) in [5, 5.41) is 9.54. The van der Waals surface area contributed by atoms with E-state index in [-0.39, 0.29) is 9.23 Å². The highest BCUT2D eigenvalue weighted by atomic mass is 32.2. The Labute approximate surface area is 140 Å². The number of hydrogen-bond acceptors (Lipinski definition) is 6. The topological polar surface area (TPSA) is 122 Å². The molecule has 1 fully saturated rings. The molecule has 3 amide bonds. The number of hydrogen-bond donors (Lipinski definition) is 3. The number of carboxylic acids is 1. The number of nitrogens with one attached hydrogen (secondary N) is 1. The average molecular weight is 353 g/mol. The van der Waals surface area contributed by atoms with E-state index >= 15 is 0 Å². The highest BCUT2D eigenvalue weighted by Crippen LogP contribution is 2.33. The van der Waals surface area contributed by atoms with Crippen LogP contribution in [0, 0.1) is 0 Å². The largest absolute Gasteiger partial charge is 0.481 e. The minimum absolute atomic E-state index is 0.129. The lowest BCUT2D eigenvalue weighted by Crippen LogP contribution is -2.47. The summed E-state index contributed by atoms with van der Waals surface area (Å²) in [6, 6.07) is 5.71. The van der Waals surface area contributed by atoms with E-state index in [4.69, 9.17) is 27.8 Å². The van der Waals surface area contributed by atoms with E-state index in [9.17, 15) is 14.4 Å². The number of thioether (sulfide) groups is 1. The van der Waals surface area contributed by atoms with Gasteiger partial charge < -0.3 is 15.6 Å². The molecule has 1 aromatic rings. The van der Waals surface area contributed by atoms with Crippen molar-refractivity contribution in [1.82, 2.24) is 10.4 Å². The maximum Gasteiger partial charge on any atom is 0.341 e. The molecule has 0 aromatic heterocycles. The van der Waals surface area contributed by atoms with Crippen LogP contribution >= 0.6 is 24.0 Å². The highest BCUT2D eigenvalue weighted by Gasteiger charge is 2.33. The normalized spacial score (nSPS) is 15.8. The molecule has 23 heavy (non-hydrogen) atoms. The van der Waals surface area contributed by atoms with Crippen LogP contribution in [0.5, 0.6) is 5.75 Å². The second-order valence-electron chi connectivity index (χ2n) is 4.21. The van der Waals surface area contributed by atoms with Gasteiger partial charge in [-0.1, -0.05) is 30.0 Å². The van der Waals surface area contributed by atoms with Gasteiger partial charge in [0, 0.05) is 5.56 Å². The van der Waals surface area contributed by atoms with Crippen LogP contribution in [0.2, 0.25) is 0 Å². The first-order chi connectivity index (χ1) is 10.9. The Kier molecular flexibility index (Phi) is 5.19. The molecular weight excluding hydrogens is 342 g/mol. The van der Waals surface area contributed by atoms with Gasteiger partial charge in [0.2, 0.25) is 0 Å². The number of carbonyl (C=O) groups excluding carboxylic acids is 2. The number of carbonyl (C=O) groups is 3. The van der Waals surface area contributed by atoms with Crippen molar-refractivity contribution in [2.45, 2.75) is 0 Å². The van der Waals surface area contributed by atoms with Gasteiger partial charge in [0.05, 0.1) is 4.91 Å². The third-order valence-corrected chi connectivity index (χ3v) is 3.87. The summed E-state index contributed by atoms with van der Waals surface area (Å²) in [5.41, 5.74) is 7.61. The molecule has 1 aromatic carbocycles. The third kappa shape index (κ3) is 4.20. The Morgan fingerprint density at radius 2 is 2.13 bits per heavy atom. The van der Waals surface area contributed by atoms with Gasteiger partial charge in [0.1, 0.15) is 5.75 Å². The average Bonchev–Trinajstić information content (AvgIpc) is 2.73. The molecule has 1 heterocycles. The number of nitrogens with zero attached hydrogens (tertiary/aromatic N) is 1. The molecule has 1 saturated heterocycles. The second-order valence-corrected chi connectivity index (χ2v) is 5.89. The van der Waals surface area contributed by atoms with Crippen LogP contribution in [0.3, 0.4) is 0 Å². The summed E-state index contributed by atoms with van der Waals surface area (Å²) >= 11 is 5.97. The first kappa shape index (κ1) is 16.8. The van der Waals surface area contributed by atoms with Gasteiger partial charge in [-0.25, -0.2) is 15.0 Å². The molecule has 0 atom stereocenters. The van der Waals surface area contributed by atoms with E-state index < -0.39 is 24.5 Å². The Bertz CT molecular complexity index is 719. The zero-order chi connectivity index (χ0) is 17.0. The minimum atomic E-state index is -1.11. The fourth-order valence-electron chi connectivity index (χ4n) is 1.69. The van der Waals surface area contributed by atoms with E-state index in [0.29, 0.717) is 11.3 Å². The van der Waals surface area contributed by atoms with Gasteiger partial charge in [0.15, 0.2) is 10.9 Å². The first-order valence-corrected chi connectivity index (χ1v) is 7.38. The van der Waals surface area contributed by atoms with Crippen LogP contribution in [0.1, 0.15) is 5.56 Å². The Balaban J connectivity index is 2.25. The summed E-state index contributed by atoms with van der Waals surface area (Å²) in [6.07, 6.45) is 1.50. The summed E-state index contributed by atoms with van der Waals surface area (Å²) in [6.45, 7) is -0.505. The third-order valence-electron chi connectivity index (χ3n) is 2.57. The number of amides is 3. The quantitative estimate of drug-likeness (QED) is 0.532. The number of thiocarbonyl (C=S) groups is 1. The standard InChI is InChI=1S/C13H11N3O5S2/c14-12(20)15-16-11(19)9(23-13(16)22)5-7-3-1-2-4-8(7)21-6-10(17)18/h1-5H,6H2,(H,17,18)(H3,14,15,20). The summed E-state index contributed by atoms with van der Waals surface area (Å²) in [4.78, 5) is 33.9. The van der Waals surface area contributed by atoms with Gasteiger partial charge in [-0.15, -0.1) is 0 Å². The number of para-hydroxylation sites is 1. The fourth-order valence-corrected chi connectivity index (χ4v) is 2.86. The minimum Gasteiger partial charge on any atom is -0.481 e. The van der Waals surface area contributed by atoms with Crippen molar-refractivity contribution < 1.29 is 24.2 Å². The van der Waals surface area contributed by atoms with Crippen molar-refractivity contribution in [3.63, 3.8) is 0 Å². The van der Waals surface area contributed by atoms with E-state index in [0.717, 1.165) is 16.8 Å². The summed E-state index contributed by atoms with van der Waals surface area (Å²) < 4.78 is 5.29. The van der Waals surface area contributed by atoms with Crippen molar-refractivity contribution in [3.8, 4) is 5.75 Å². The Morgan fingerprint density at radius 3 is 2.78 bits per heavy atom. The molecule has 8 nitrogen and oxygen atoms in total. The smallest absolute Gasteiger partial charge is 0.341 e. The summed E-state index contributed by atoms with van der Waals surface area (Å²) in [5.74, 6) is -1.34. The molecular formula is C13H11N3O5S2. The molecule has 1 aliphatic rings. The maximum absolute atomic E-state index is 12.2. The number of hydrazine groups is 1. The van der Waals surface area contributed by atoms with Gasteiger partial charge >= 0.3 is 12.0 Å². The first-order valence-electron chi connectivity index (χ1n) is 6.16. The number of benzene rings is 1. The molecule has 120 valence electrons. The number of carboxylic acid groups (broad SMARTS) is 1. The molecule has 0 spiro atoms. The lowest BCUT2D eigenvalue weighted by molar-refractivity contribution is -0.139. The van der Waals surface area contributed by atoms with Gasteiger partial charge in [-0.05, 0) is 24.4 Å². The molecule has 0 radical (unpaired) electrons. The van der Waals surface area contributed by atoms with E-state index in [2.05, 4.69) is 5.43 Å². The molecule has 0 unspecified atom stereocenters. The molecule has 10 heteroatoms. The van der Waals surface area contributed by atoms with Crippen molar-refractivity contribution in [3.05, 3.63) is 34.7 Å². The lowest BCUT2D eigenvalue weighted by atomic mass is 10.2. The van der Waals surface area contributed by atoms with Crippen LogP contribution in [-0.2, 0) is 9.59 Å². The summed E-state index contributed by atoms with van der Waals surface area (Å²) in [7, 11) is 0. The monoisotopic (exact) mass is 353 g/mol. The molecule has 0 bridgehead atoms. The second kappa shape index (κ2) is 7.11. The zero-order valence-corrected chi connectivity index (χ0v) is 13.1. The SMILES string of the molecule is NC(=O)NN1C(=O)C(=Cc2ccccc2OCC(=O)O)SC1=S. The van der Waals surface area contributed by atoms with Crippen molar-refractivity contribution in [2.24, 2.45) is 5.73 Å². The van der Waals surface area contributed by atoms with Crippen LogP contribution in [0.15, 0.2) is 29.2 Å². The van der Waals surface area contributed by atoms with Gasteiger partial charge in [-0.2, -0.15) is 5.01 Å². The number of primary amides is 1. The van der Waals surface area contributed by atoms with E-state index in [1.165, 1.54) is 6.08 Å². The van der Waals surface area contributed by atoms with Crippen molar-refractivity contribution in [1.29, 1.82) is 0 Å². The molecule has 0 saturated carbocycles. The van der Waals surface area contributed by atoms with Crippen molar-refractivity contribution in [2.75, 3.05) is 6.61 Å². The maximum atomic E-state index is 12.2. The Hall–Kier alpha value is -2.59. The van der Waals surface area contributed by atoms with Crippen LogP contribution in [-0.4, -0.2) is 39.0 Å². The zero-order valence-electron chi connectivity index (χ0n) is 11.5. The molecule has 1 aliphatic heterocycles. The predicted octanol–water partition coefficient (Wildman–Crippen LogP) is 0.934. The lowest BCUT2D eigenvalue weighted by Gasteiger charge is -2.13. The van der Waals surface area contributed by atoms with Crippen molar-refractivity contribution >= 4 is 52.3 Å². The number of aliphatic carboxylic acids is 1. The molecule has 4 N–H and O–H groups in total. The van der Waals surface area contributed by atoms with E-state index in [1.54, 1.807) is 24.3 Å². The van der Waals surface area contributed by atoms with Crippen LogP contribution < -0.4 is 15.9 Å². The number of urea groups is 1.